The summed E-state index contributed by atoms with van der Waals surface area (Å²) in [7, 11) is -2.22. The van der Waals surface area contributed by atoms with Gasteiger partial charge in [-0.2, -0.15) is 5.10 Å². The lowest BCUT2D eigenvalue weighted by Crippen LogP contribution is -2.18. The molecule has 130 valence electrons. The minimum Gasteiger partial charge on any atom is -0.360 e. The minimum absolute atomic E-state index is 0.0382. The Hall–Kier alpha value is -2.94. The van der Waals surface area contributed by atoms with Crippen LogP contribution in [0.1, 0.15) is 11.5 Å². The Morgan fingerprint density at radius 1 is 1.08 bits per heavy atom. The Morgan fingerprint density at radius 3 is 2.32 bits per heavy atom. The highest BCUT2D eigenvalue weighted by Gasteiger charge is 2.24. The second-order valence-electron chi connectivity index (χ2n) is 5.52. The van der Waals surface area contributed by atoms with E-state index >= 15 is 0 Å². The van der Waals surface area contributed by atoms with Gasteiger partial charge in [0.15, 0.2) is 10.7 Å². The molecule has 0 atom stereocenters. The van der Waals surface area contributed by atoms with E-state index in [4.69, 9.17) is 4.52 Å². The van der Waals surface area contributed by atoms with Crippen LogP contribution in [0.5, 0.6) is 0 Å². The van der Waals surface area contributed by atoms with Crippen LogP contribution in [0.3, 0.4) is 0 Å². The number of sulfonamides is 1. The molecule has 0 bridgehead atoms. The van der Waals surface area contributed by atoms with Crippen molar-refractivity contribution in [1.82, 2.24) is 14.9 Å². The highest BCUT2D eigenvalue weighted by molar-refractivity contribution is 7.92. The van der Waals surface area contributed by atoms with Crippen molar-refractivity contribution >= 4 is 15.7 Å². The second-order valence-corrected chi connectivity index (χ2v) is 7.14. The summed E-state index contributed by atoms with van der Waals surface area (Å²) < 4.78 is 33.6. The van der Waals surface area contributed by atoms with Crippen LogP contribution >= 0.6 is 0 Å². The standard InChI is InChI=1S/C16H16N4O4S/c1-10-16(11(2)24-18-10)25(22,23)19-13-6-4-12(5-7-13)14-8-9-15(21)20(3)17-14/h4-9,19H,1-3H3. The molecular weight excluding hydrogens is 344 g/mol. The highest BCUT2D eigenvalue weighted by atomic mass is 32.2. The molecule has 0 fully saturated rings. The lowest BCUT2D eigenvalue weighted by Gasteiger charge is -2.08. The fraction of sp³-hybridized carbons (Fsp3) is 0.188. The molecule has 0 saturated carbocycles. The van der Waals surface area contributed by atoms with Crippen LogP contribution in [-0.2, 0) is 17.1 Å². The van der Waals surface area contributed by atoms with Crippen molar-refractivity contribution in [3.63, 3.8) is 0 Å². The highest BCUT2D eigenvalue weighted by Crippen LogP contribution is 2.24. The molecule has 0 unspecified atom stereocenters. The van der Waals surface area contributed by atoms with Crippen LogP contribution in [0, 0.1) is 13.8 Å². The number of hydrogen-bond acceptors (Lipinski definition) is 6. The molecule has 3 rings (SSSR count). The molecule has 0 aliphatic carbocycles. The summed E-state index contributed by atoms with van der Waals surface area (Å²) in [6.07, 6.45) is 0. The molecule has 8 nitrogen and oxygen atoms in total. The summed E-state index contributed by atoms with van der Waals surface area (Å²) in [4.78, 5) is 11.4. The smallest absolute Gasteiger partial charge is 0.267 e. The van der Waals surface area contributed by atoms with Crippen molar-refractivity contribution in [2.24, 2.45) is 7.05 Å². The average molecular weight is 360 g/mol. The second kappa shape index (κ2) is 6.17. The van der Waals surface area contributed by atoms with Gasteiger partial charge in [0.2, 0.25) is 0 Å². The summed E-state index contributed by atoms with van der Waals surface area (Å²) in [6, 6.07) is 9.73. The number of rotatable bonds is 4. The Balaban J connectivity index is 1.88. The van der Waals surface area contributed by atoms with Gasteiger partial charge in [0.25, 0.3) is 15.6 Å². The van der Waals surface area contributed by atoms with Crippen molar-refractivity contribution in [2.75, 3.05) is 4.72 Å². The van der Waals surface area contributed by atoms with E-state index in [0.29, 0.717) is 17.1 Å². The van der Waals surface area contributed by atoms with Crippen LogP contribution < -0.4 is 10.3 Å². The third-order valence-electron chi connectivity index (χ3n) is 3.63. The minimum atomic E-state index is -3.79. The topological polar surface area (TPSA) is 107 Å². The fourth-order valence-corrected chi connectivity index (χ4v) is 3.82. The third kappa shape index (κ3) is 3.31. The van der Waals surface area contributed by atoms with Gasteiger partial charge in [-0.25, -0.2) is 13.1 Å². The summed E-state index contributed by atoms with van der Waals surface area (Å²) in [6.45, 7) is 3.11. The summed E-state index contributed by atoms with van der Waals surface area (Å²) in [5.41, 5.74) is 1.87. The number of aryl methyl sites for hydroxylation is 3. The summed E-state index contributed by atoms with van der Waals surface area (Å²) in [5.74, 6) is 0.232. The van der Waals surface area contributed by atoms with Crippen molar-refractivity contribution < 1.29 is 12.9 Å². The third-order valence-corrected chi connectivity index (χ3v) is 5.25. The molecule has 0 spiro atoms. The van der Waals surface area contributed by atoms with Gasteiger partial charge in [-0.05, 0) is 32.0 Å². The summed E-state index contributed by atoms with van der Waals surface area (Å²) >= 11 is 0. The van der Waals surface area contributed by atoms with Crippen molar-refractivity contribution in [3.05, 3.63) is 58.2 Å². The van der Waals surface area contributed by atoms with Gasteiger partial charge in [-0.1, -0.05) is 17.3 Å². The maximum atomic E-state index is 12.5. The molecular formula is C16H16N4O4S. The Kier molecular flexibility index (Phi) is 4.17. The Bertz CT molecular complexity index is 1060. The molecule has 0 radical (unpaired) electrons. The van der Waals surface area contributed by atoms with Gasteiger partial charge in [0.1, 0.15) is 5.69 Å². The van der Waals surface area contributed by atoms with E-state index in [1.165, 1.54) is 10.7 Å². The average Bonchev–Trinajstić information content (AvgIpc) is 2.90. The first-order valence-electron chi connectivity index (χ1n) is 7.38. The van der Waals surface area contributed by atoms with Crippen LogP contribution in [0.2, 0.25) is 0 Å². The van der Waals surface area contributed by atoms with Gasteiger partial charge in [0, 0.05) is 24.4 Å². The maximum Gasteiger partial charge on any atom is 0.267 e. The quantitative estimate of drug-likeness (QED) is 0.761. The molecule has 1 aromatic carbocycles. The normalized spacial score (nSPS) is 11.5. The zero-order valence-corrected chi connectivity index (χ0v) is 14.7. The molecule has 0 aliphatic rings. The van der Waals surface area contributed by atoms with Gasteiger partial charge < -0.3 is 4.52 Å². The van der Waals surface area contributed by atoms with Crippen molar-refractivity contribution in [2.45, 2.75) is 18.7 Å². The van der Waals surface area contributed by atoms with Gasteiger partial charge in [-0.3, -0.25) is 9.52 Å². The number of benzene rings is 1. The molecule has 1 N–H and O–H groups in total. The molecule has 3 aromatic rings. The van der Waals surface area contributed by atoms with E-state index in [-0.39, 0.29) is 16.2 Å². The number of anilines is 1. The summed E-state index contributed by atoms with van der Waals surface area (Å²) in [5, 5.41) is 7.82. The number of nitrogens with zero attached hydrogens (tertiary/aromatic N) is 3. The van der Waals surface area contributed by atoms with Crippen LogP contribution in [0.4, 0.5) is 5.69 Å². The van der Waals surface area contributed by atoms with Gasteiger partial charge >= 0.3 is 0 Å². The maximum absolute atomic E-state index is 12.5. The molecule has 9 heteroatoms. The van der Waals surface area contributed by atoms with E-state index in [9.17, 15) is 13.2 Å². The van der Waals surface area contributed by atoms with E-state index in [2.05, 4.69) is 15.0 Å². The predicted octanol–water partition coefficient (Wildman–Crippen LogP) is 1.85. The molecule has 2 aromatic heterocycles. The molecule has 25 heavy (non-hydrogen) atoms. The van der Waals surface area contributed by atoms with E-state index < -0.39 is 10.0 Å². The van der Waals surface area contributed by atoms with Crippen molar-refractivity contribution in [1.29, 1.82) is 0 Å². The van der Waals surface area contributed by atoms with Gasteiger partial charge in [0.05, 0.1) is 5.69 Å². The lowest BCUT2D eigenvalue weighted by molar-refractivity contribution is 0.390. The van der Waals surface area contributed by atoms with Crippen LogP contribution in [0.25, 0.3) is 11.3 Å². The molecule has 0 amide bonds. The molecule has 0 aliphatic heterocycles. The Labute approximate surface area is 144 Å². The zero-order valence-electron chi connectivity index (χ0n) is 13.8. The first-order valence-corrected chi connectivity index (χ1v) is 8.87. The largest absolute Gasteiger partial charge is 0.360 e. The molecule has 2 heterocycles. The first-order chi connectivity index (χ1) is 11.8. The van der Waals surface area contributed by atoms with E-state index in [1.807, 2.05) is 0 Å². The van der Waals surface area contributed by atoms with E-state index in [0.717, 1.165) is 5.56 Å². The molecule has 0 saturated heterocycles. The zero-order chi connectivity index (χ0) is 18.2. The predicted molar refractivity (Wildman–Crippen MR) is 91.7 cm³/mol. The van der Waals surface area contributed by atoms with Gasteiger partial charge in [-0.15, -0.1) is 0 Å². The SMILES string of the molecule is Cc1noc(C)c1S(=O)(=O)Nc1ccc(-c2ccc(=O)n(C)n2)cc1. The van der Waals surface area contributed by atoms with Crippen molar-refractivity contribution in [3.8, 4) is 11.3 Å². The van der Waals surface area contributed by atoms with Crippen LogP contribution in [0.15, 0.2) is 50.6 Å². The fourth-order valence-electron chi connectivity index (χ4n) is 2.43. The number of hydrogen-bond donors (Lipinski definition) is 1. The van der Waals surface area contributed by atoms with Crippen LogP contribution in [-0.4, -0.2) is 23.4 Å². The lowest BCUT2D eigenvalue weighted by atomic mass is 10.1. The first kappa shape index (κ1) is 16.9. The monoisotopic (exact) mass is 360 g/mol. The number of nitrogens with one attached hydrogen (secondary N) is 1. The number of aromatic nitrogens is 3. The van der Waals surface area contributed by atoms with E-state index in [1.54, 1.807) is 51.2 Å². The Morgan fingerprint density at radius 2 is 1.76 bits per heavy atom.